The lowest BCUT2D eigenvalue weighted by Gasteiger charge is -2.08. The molecule has 3 nitrogen and oxygen atoms in total. The van der Waals surface area contributed by atoms with Crippen LogP contribution >= 0.6 is 0 Å². The molecule has 1 aromatic rings. The predicted molar refractivity (Wildman–Crippen MR) is 41.7 cm³/mol. The highest BCUT2D eigenvalue weighted by molar-refractivity contribution is 5.65. The van der Waals surface area contributed by atoms with Crippen LogP contribution in [0.4, 0.5) is 4.39 Å². The number of aliphatic carboxylic acids is 1. The second-order valence-electron chi connectivity index (χ2n) is 2.83. The molecule has 0 aromatic heterocycles. The fourth-order valence-electron chi connectivity index (χ4n) is 1.08. The molecule has 0 unspecified atom stereocenters. The topological polar surface area (TPSA) is 67.8 Å². The number of rotatable bonds is 3. The minimum absolute atomic E-state index is 0.191. The van der Waals surface area contributed by atoms with Crippen molar-refractivity contribution in [1.82, 2.24) is 0 Å². The Kier molecular flexibility index (Phi) is 2.97. The molecule has 1 atom stereocenters. The molecule has 3 N–H and O–H groups in total. The lowest BCUT2D eigenvalue weighted by molar-refractivity contribution is -0.430. The maximum absolute atomic E-state index is 12.7. The Morgan fingerprint density at radius 3 is 2.85 bits per heavy atom. The maximum Gasteiger partial charge on any atom is 0.123 e. The molecule has 1 rings (SSSR count). The smallest absolute Gasteiger partial charge is 0.123 e. The van der Waals surface area contributed by atoms with E-state index in [-0.39, 0.29) is 12.2 Å². The summed E-state index contributed by atoms with van der Waals surface area (Å²) in [5.41, 5.74) is 4.18. The van der Waals surface area contributed by atoms with Crippen LogP contribution in [0, 0.1) is 5.82 Å². The first-order valence-electron chi connectivity index (χ1n) is 3.88. The molecule has 0 aliphatic heterocycles. The summed E-state index contributed by atoms with van der Waals surface area (Å²) < 4.78 is 12.7. The summed E-state index contributed by atoms with van der Waals surface area (Å²) in [6.45, 7) is 0. The van der Waals surface area contributed by atoms with Gasteiger partial charge in [-0.3, -0.25) is 0 Å². The monoisotopic (exact) mass is 183 g/mol. The average molecular weight is 183 g/mol. The van der Waals surface area contributed by atoms with Gasteiger partial charge in [0.2, 0.25) is 0 Å². The maximum atomic E-state index is 12.7. The quantitative estimate of drug-likeness (QED) is 0.669. The Bertz CT molecular complexity index is 314. The van der Waals surface area contributed by atoms with Gasteiger partial charge in [-0.15, -0.1) is 0 Å². The van der Waals surface area contributed by atoms with Crippen molar-refractivity contribution in [2.75, 3.05) is 0 Å². The van der Waals surface area contributed by atoms with Gasteiger partial charge in [-0.1, -0.05) is 12.1 Å². The number of hydrogen-bond acceptors (Lipinski definition) is 2. The van der Waals surface area contributed by atoms with Crippen LogP contribution in [-0.2, 0) is 4.79 Å². The van der Waals surface area contributed by atoms with Gasteiger partial charge < -0.3 is 15.6 Å². The Hall–Kier alpha value is -1.42. The third kappa shape index (κ3) is 2.83. The molecule has 0 heterocycles. The van der Waals surface area contributed by atoms with Crippen molar-refractivity contribution in [3.63, 3.8) is 0 Å². The SMILES string of the molecule is [NH3+][C@H](CC(=O)[O-])c1cccc(F)c1. The van der Waals surface area contributed by atoms with Gasteiger partial charge in [-0.2, -0.15) is 0 Å². The van der Waals surface area contributed by atoms with Gasteiger partial charge in [0.15, 0.2) is 0 Å². The minimum atomic E-state index is -1.18. The summed E-state index contributed by atoms with van der Waals surface area (Å²) in [6.07, 6.45) is -0.191. The molecule has 0 aliphatic carbocycles. The highest BCUT2D eigenvalue weighted by atomic mass is 19.1. The van der Waals surface area contributed by atoms with Gasteiger partial charge in [-0.05, 0) is 12.1 Å². The number of benzene rings is 1. The van der Waals surface area contributed by atoms with Crippen LogP contribution < -0.4 is 10.8 Å². The van der Waals surface area contributed by atoms with E-state index in [1.165, 1.54) is 18.2 Å². The highest BCUT2D eigenvalue weighted by Gasteiger charge is 2.09. The van der Waals surface area contributed by atoms with Crippen molar-refractivity contribution >= 4 is 5.97 Å². The van der Waals surface area contributed by atoms with Crippen LogP contribution in [-0.4, -0.2) is 5.97 Å². The third-order valence-corrected chi connectivity index (χ3v) is 1.73. The van der Waals surface area contributed by atoms with E-state index in [1.54, 1.807) is 6.07 Å². The molecule has 4 heteroatoms. The Morgan fingerprint density at radius 2 is 2.31 bits per heavy atom. The van der Waals surface area contributed by atoms with Crippen molar-refractivity contribution in [2.45, 2.75) is 12.5 Å². The van der Waals surface area contributed by atoms with Gasteiger partial charge >= 0.3 is 0 Å². The van der Waals surface area contributed by atoms with E-state index >= 15 is 0 Å². The Labute approximate surface area is 75.0 Å². The number of halogens is 1. The molecule has 1 aromatic carbocycles. The van der Waals surface area contributed by atoms with Gasteiger partial charge in [-0.25, -0.2) is 4.39 Å². The molecule has 70 valence electrons. The van der Waals surface area contributed by atoms with Crippen molar-refractivity contribution in [3.8, 4) is 0 Å². The highest BCUT2D eigenvalue weighted by Crippen LogP contribution is 2.12. The van der Waals surface area contributed by atoms with Crippen LogP contribution in [0.1, 0.15) is 18.0 Å². The van der Waals surface area contributed by atoms with Crippen LogP contribution in [0.3, 0.4) is 0 Å². The summed E-state index contributed by atoms with van der Waals surface area (Å²) in [7, 11) is 0. The van der Waals surface area contributed by atoms with E-state index in [4.69, 9.17) is 0 Å². The van der Waals surface area contributed by atoms with Gasteiger partial charge in [0, 0.05) is 18.0 Å². The average Bonchev–Trinajstić information content (AvgIpc) is 2.03. The van der Waals surface area contributed by atoms with Gasteiger partial charge in [0.05, 0.1) is 0 Å². The second kappa shape index (κ2) is 4.00. The van der Waals surface area contributed by atoms with Gasteiger partial charge in [0.25, 0.3) is 0 Å². The minimum Gasteiger partial charge on any atom is -0.550 e. The normalized spacial score (nSPS) is 12.5. The molecule has 13 heavy (non-hydrogen) atoms. The lowest BCUT2D eigenvalue weighted by Crippen LogP contribution is -2.55. The standard InChI is InChI=1S/C9H10FNO2/c10-7-3-1-2-6(4-7)8(11)5-9(12)13/h1-4,8H,5,11H2,(H,12,13)/t8-/m1/s1. The number of carbonyl (C=O) groups is 1. The number of carboxylic acids is 1. The molecule has 0 saturated heterocycles. The van der Waals surface area contributed by atoms with E-state index in [0.29, 0.717) is 5.56 Å². The molecule has 0 spiro atoms. The molecule has 0 aliphatic rings. The van der Waals surface area contributed by atoms with Crippen LogP contribution in [0.25, 0.3) is 0 Å². The van der Waals surface area contributed by atoms with Crippen molar-refractivity contribution < 1.29 is 20.0 Å². The molecule has 0 radical (unpaired) electrons. The second-order valence-corrected chi connectivity index (χ2v) is 2.83. The summed E-state index contributed by atoms with van der Waals surface area (Å²) in [5, 5.41) is 10.2. The molecule has 0 fully saturated rings. The summed E-state index contributed by atoms with van der Waals surface area (Å²) in [6, 6.07) is 5.29. The molecule has 0 amide bonds. The summed E-state index contributed by atoms with van der Waals surface area (Å²) in [4.78, 5) is 10.2. The zero-order valence-electron chi connectivity index (χ0n) is 7.00. The largest absolute Gasteiger partial charge is 0.550 e. The van der Waals surface area contributed by atoms with E-state index in [9.17, 15) is 14.3 Å². The van der Waals surface area contributed by atoms with Crippen molar-refractivity contribution in [2.24, 2.45) is 0 Å². The fourth-order valence-corrected chi connectivity index (χ4v) is 1.08. The number of carboxylic acid groups (broad SMARTS) is 1. The van der Waals surface area contributed by atoms with Crippen LogP contribution in [0.15, 0.2) is 24.3 Å². The first-order valence-corrected chi connectivity index (χ1v) is 3.88. The molecular formula is C9H10FNO2. The lowest BCUT2D eigenvalue weighted by atomic mass is 10.1. The van der Waals surface area contributed by atoms with Crippen LogP contribution in [0.2, 0.25) is 0 Å². The molecule has 0 bridgehead atoms. The summed E-state index contributed by atoms with van der Waals surface area (Å²) in [5.74, 6) is -1.56. The number of quaternary nitrogens is 1. The van der Waals surface area contributed by atoms with E-state index < -0.39 is 12.0 Å². The zero-order chi connectivity index (χ0) is 9.84. The van der Waals surface area contributed by atoms with Gasteiger partial charge in [0.1, 0.15) is 11.9 Å². The first-order chi connectivity index (χ1) is 6.09. The van der Waals surface area contributed by atoms with E-state index in [2.05, 4.69) is 5.73 Å². The van der Waals surface area contributed by atoms with Crippen molar-refractivity contribution in [3.05, 3.63) is 35.6 Å². The Balaban J connectivity index is 2.76. The zero-order valence-corrected chi connectivity index (χ0v) is 7.00. The van der Waals surface area contributed by atoms with Crippen molar-refractivity contribution in [1.29, 1.82) is 0 Å². The predicted octanol–water partition coefficient (Wildman–Crippen LogP) is -0.751. The first kappa shape index (κ1) is 9.67. The third-order valence-electron chi connectivity index (χ3n) is 1.73. The fraction of sp³-hybridized carbons (Fsp3) is 0.222. The van der Waals surface area contributed by atoms with E-state index in [0.717, 1.165) is 0 Å². The molecule has 0 saturated carbocycles. The van der Waals surface area contributed by atoms with Crippen LogP contribution in [0.5, 0.6) is 0 Å². The Morgan fingerprint density at radius 1 is 1.62 bits per heavy atom. The number of hydrogen-bond donors (Lipinski definition) is 1. The molecular weight excluding hydrogens is 173 g/mol. The number of carbonyl (C=O) groups excluding carboxylic acids is 1. The summed E-state index contributed by atoms with van der Waals surface area (Å²) >= 11 is 0. The van der Waals surface area contributed by atoms with E-state index in [1.807, 2.05) is 0 Å².